The summed E-state index contributed by atoms with van der Waals surface area (Å²) in [4.78, 5) is 11.4. The Morgan fingerprint density at radius 1 is 1.31 bits per heavy atom. The molecule has 4 nitrogen and oxygen atoms in total. The number of hydrogen-bond donors (Lipinski definition) is 1. The van der Waals surface area contributed by atoms with Crippen molar-refractivity contribution in [2.75, 3.05) is 13.2 Å². The molecule has 1 atom stereocenters. The van der Waals surface area contributed by atoms with Gasteiger partial charge < -0.3 is 15.2 Å². The summed E-state index contributed by atoms with van der Waals surface area (Å²) in [5.74, 6) is -0.375. The summed E-state index contributed by atoms with van der Waals surface area (Å²) in [6.45, 7) is 8.53. The van der Waals surface area contributed by atoms with Crippen LogP contribution in [-0.2, 0) is 14.3 Å². The Bertz CT molecular complexity index is 199. The standard InChI is InChI=1S/C12H25NO3/c1-5-6-7-8-15-11(14)10(13)9-16-12(2,3)4/h10H,5-9,13H2,1-4H3/t10-/m0/s1. The van der Waals surface area contributed by atoms with Gasteiger partial charge in [-0.15, -0.1) is 0 Å². The SMILES string of the molecule is CCCCCOC(=O)[C@@H](N)COC(C)(C)C. The maximum atomic E-state index is 11.4. The molecule has 0 unspecified atom stereocenters. The highest BCUT2D eigenvalue weighted by Crippen LogP contribution is 2.07. The molecule has 0 aromatic heterocycles. The lowest BCUT2D eigenvalue weighted by Gasteiger charge is -2.21. The molecule has 0 amide bonds. The molecule has 0 fully saturated rings. The van der Waals surface area contributed by atoms with Crippen LogP contribution in [-0.4, -0.2) is 30.8 Å². The molecule has 2 N–H and O–H groups in total. The summed E-state index contributed by atoms with van der Waals surface area (Å²) in [5, 5.41) is 0. The van der Waals surface area contributed by atoms with Gasteiger partial charge in [-0.3, -0.25) is 4.79 Å². The average molecular weight is 231 g/mol. The third-order valence-electron chi connectivity index (χ3n) is 1.99. The van der Waals surface area contributed by atoms with Gasteiger partial charge in [-0.2, -0.15) is 0 Å². The molecule has 0 aliphatic heterocycles. The minimum absolute atomic E-state index is 0.204. The smallest absolute Gasteiger partial charge is 0.325 e. The first-order valence-corrected chi connectivity index (χ1v) is 5.93. The topological polar surface area (TPSA) is 61.5 Å². The Hall–Kier alpha value is -0.610. The van der Waals surface area contributed by atoms with Crippen LogP contribution in [0.4, 0.5) is 0 Å². The molecular formula is C12H25NO3. The maximum absolute atomic E-state index is 11.4. The first-order chi connectivity index (χ1) is 7.37. The van der Waals surface area contributed by atoms with Crippen LogP contribution in [0.25, 0.3) is 0 Å². The summed E-state index contributed by atoms with van der Waals surface area (Å²) in [5.41, 5.74) is 5.36. The van der Waals surface area contributed by atoms with E-state index in [0.717, 1.165) is 19.3 Å². The van der Waals surface area contributed by atoms with Crippen molar-refractivity contribution in [2.24, 2.45) is 5.73 Å². The summed E-state index contributed by atoms with van der Waals surface area (Å²) in [7, 11) is 0. The molecule has 0 bridgehead atoms. The second-order valence-electron chi connectivity index (χ2n) is 4.90. The lowest BCUT2D eigenvalue weighted by molar-refractivity contribution is -0.148. The van der Waals surface area contributed by atoms with E-state index in [1.165, 1.54) is 0 Å². The van der Waals surface area contributed by atoms with E-state index in [2.05, 4.69) is 6.92 Å². The highest BCUT2D eigenvalue weighted by molar-refractivity contribution is 5.75. The van der Waals surface area contributed by atoms with E-state index in [4.69, 9.17) is 15.2 Å². The zero-order valence-corrected chi connectivity index (χ0v) is 10.9. The fourth-order valence-corrected chi connectivity index (χ4v) is 1.04. The van der Waals surface area contributed by atoms with Gasteiger partial charge in [-0.05, 0) is 27.2 Å². The van der Waals surface area contributed by atoms with Crippen LogP contribution in [0.2, 0.25) is 0 Å². The zero-order valence-electron chi connectivity index (χ0n) is 10.9. The number of rotatable bonds is 7. The third-order valence-corrected chi connectivity index (χ3v) is 1.99. The third kappa shape index (κ3) is 8.68. The second-order valence-corrected chi connectivity index (χ2v) is 4.90. The van der Waals surface area contributed by atoms with Crippen molar-refractivity contribution in [3.05, 3.63) is 0 Å². The zero-order chi connectivity index (χ0) is 12.6. The highest BCUT2D eigenvalue weighted by atomic mass is 16.5. The Balaban J connectivity index is 3.65. The van der Waals surface area contributed by atoms with E-state index in [1.54, 1.807) is 0 Å². The number of nitrogens with two attached hydrogens (primary N) is 1. The van der Waals surface area contributed by atoms with Crippen molar-refractivity contribution < 1.29 is 14.3 Å². The van der Waals surface area contributed by atoms with Gasteiger partial charge in [0, 0.05) is 0 Å². The molecule has 0 aliphatic carbocycles. The Labute approximate surface area is 98.5 Å². The number of unbranched alkanes of at least 4 members (excludes halogenated alkanes) is 2. The first-order valence-electron chi connectivity index (χ1n) is 5.93. The van der Waals surface area contributed by atoms with Crippen LogP contribution in [0.15, 0.2) is 0 Å². The predicted octanol–water partition coefficient (Wildman–Crippen LogP) is 1.86. The predicted molar refractivity (Wildman–Crippen MR) is 64.2 cm³/mol. The largest absolute Gasteiger partial charge is 0.464 e. The van der Waals surface area contributed by atoms with Crippen LogP contribution in [0.3, 0.4) is 0 Å². The number of esters is 1. The number of hydrogen-bond acceptors (Lipinski definition) is 4. The Morgan fingerprint density at radius 3 is 2.44 bits per heavy atom. The molecule has 4 heteroatoms. The van der Waals surface area contributed by atoms with Gasteiger partial charge in [0.15, 0.2) is 0 Å². The molecule has 0 saturated heterocycles. The minimum Gasteiger partial charge on any atom is -0.464 e. The minimum atomic E-state index is -0.680. The van der Waals surface area contributed by atoms with E-state index in [1.807, 2.05) is 20.8 Å². The monoisotopic (exact) mass is 231 g/mol. The quantitative estimate of drug-likeness (QED) is 0.536. The first kappa shape index (κ1) is 15.4. The normalized spacial score (nSPS) is 13.6. The van der Waals surface area contributed by atoms with Gasteiger partial charge in [0.1, 0.15) is 6.04 Å². The highest BCUT2D eigenvalue weighted by Gasteiger charge is 2.19. The molecule has 0 saturated carbocycles. The summed E-state index contributed by atoms with van der Waals surface area (Å²) in [6.07, 6.45) is 3.08. The maximum Gasteiger partial charge on any atom is 0.325 e. The molecule has 0 rings (SSSR count). The Kier molecular flexibility index (Phi) is 7.34. The van der Waals surface area contributed by atoms with Crippen molar-refractivity contribution in [3.63, 3.8) is 0 Å². The molecule has 0 aliphatic rings. The fourth-order valence-electron chi connectivity index (χ4n) is 1.04. The van der Waals surface area contributed by atoms with Crippen LogP contribution in [0.1, 0.15) is 47.0 Å². The van der Waals surface area contributed by atoms with E-state index >= 15 is 0 Å². The molecule has 0 aromatic carbocycles. The second kappa shape index (κ2) is 7.63. The van der Waals surface area contributed by atoms with E-state index in [0.29, 0.717) is 6.61 Å². The molecule has 96 valence electrons. The summed E-state index contributed by atoms with van der Waals surface area (Å²) >= 11 is 0. The van der Waals surface area contributed by atoms with E-state index in [9.17, 15) is 4.79 Å². The molecule has 0 aromatic rings. The van der Waals surface area contributed by atoms with Crippen LogP contribution >= 0.6 is 0 Å². The van der Waals surface area contributed by atoms with Crippen LogP contribution in [0, 0.1) is 0 Å². The van der Waals surface area contributed by atoms with Crippen molar-refractivity contribution in [2.45, 2.75) is 58.6 Å². The average Bonchev–Trinajstić information content (AvgIpc) is 2.19. The molecule has 16 heavy (non-hydrogen) atoms. The number of carbonyl (C=O) groups excluding carboxylic acids is 1. The lowest BCUT2D eigenvalue weighted by Crippen LogP contribution is -2.39. The molecule has 0 spiro atoms. The summed E-state index contributed by atoms with van der Waals surface area (Å²) in [6, 6.07) is -0.680. The molecule has 0 radical (unpaired) electrons. The number of ether oxygens (including phenoxy) is 2. The van der Waals surface area contributed by atoms with Crippen molar-refractivity contribution in [3.8, 4) is 0 Å². The van der Waals surface area contributed by atoms with Crippen molar-refractivity contribution in [1.29, 1.82) is 0 Å². The summed E-state index contributed by atoms with van der Waals surface area (Å²) < 4.78 is 10.4. The fraction of sp³-hybridized carbons (Fsp3) is 0.917. The van der Waals surface area contributed by atoms with Gasteiger partial charge in [-0.1, -0.05) is 19.8 Å². The van der Waals surface area contributed by atoms with Crippen molar-refractivity contribution >= 4 is 5.97 Å². The van der Waals surface area contributed by atoms with Gasteiger partial charge in [0.05, 0.1) is 18.8 Å². The van der Waals surface area contributed by atoms with Crippen LogP contribution < -0.4 is 5.73 Å². The van der Waals surface area contributed by atoms with Gasteiger partial charge >= 0.3 is 5.97 Å². The van der Waals surface area contributed by atoms with Gasteiger partial charge in [0.2, 0.25) is 0 Å². The molecule has 0 heterocycles. The molecular weight excluding hydrogens is 206 g/mol. The van der Waals surface area contributed by atoms with Gasteiger partial charge in [0.25, 0.3) is 0 Å². The van der Waals surface area contributed by atoms with E-state index < -0.39 is 6.04 Å². The van der Waals surface area contributed by atoms with E-state index in [-0.39, 0.29) is 18.2 Å². The van der Waals surface area contributed by atoms with Crippen molar-refractivity contribution in [1.82, 2.24) is 0 Å². The van der Waals surface area contributed by atoms with Crippen LogP contribution in [0.5, 0.6) is 0 Å². The van der Waals surface area contributed by atoms with Gasteiger partial charge in [-0.25, -0.2) is 0 Å². The Morgan fingerprint density at radius 2 is 1.94 bits per heavy atom. The number of carbonyl (C=O) groups is 1. The lowest BCUT2D eigenvalue weighted by atomic mass is 10.2.